The minimum absolute atomic E-state index is 0.0702. The van der Waals surface area contributed by atoms with Gasteiger partial charge in [-0.1, -0.05) is 32.0 Å². The Bertz CT molecular complexity index is 1010. The smallest absolute Gasteiger partial charge is 0.227 e. The second-order valence-corrected chi connectivity index (χ2v) is 8.66. The SMILES string of the molecule is CCCN(Cc1c(CC)nn(-c2ccccc2)c1Oc1ccc(F)cc1)C[C@H](O)COC(C)C. The number of nitrogens with zero attached hydrogens (tertiary/aromatic N) is 3. The van der Waals surface area contributed by atoms with Gasteiger partial charge in [0.15, 0.2) is 0 Å². The molecule has 3 aromatic rings. The zero-order valence-electron chi connectivity index (χ0n) is 20.6. The molecule has 34 heavy (non-hydrogen) atoms. The maximum Gasteiger partial charge on any atom is 0.227 e. The van der Waals surface area contributed by atoms with E-state index in [2.05, 4.69) is 18.7 Å². The van der Waals surface area contributed by atoms with Crippen LogP contribution < -0.4 is 4.74 Å². The predicted octanol–water partition coefficient (Wildman–Crippen LogP) is 5.36. The maximum atomic E-state index is 13.5. The molecule has 0 unspecified atom stereocenters. The molecule has 0 bridgehead atoms. The van der Waals surface area contributed by atoms with Crippen LogP contribution in [0, 0.1) is 5.82 Å². The summed E-state index contributed by atoms with van der Waals surface area (Å²) in [6, 6.07) is 15.8. The molecular formula is C27H36FN3O3. The van der Waals surface area contributed by atoms with Crippen LogP contribution in [0.1, 0.15) is 45.4 Å². The fourth-order valence-corrected chi connectivity index (χ4v) is 3.81. The lowest BCUT2D eigenvalue weighted by atomic mass is 10.1. The number of para-hydroxylation sites is 1. The molecule has 0 spiro atoms. The van der Waals surface area contributed by atoms with Crippen molar-refractivity contribution in [2.45, 2.75) is 59.3 Å². The number of hydrogen-bond donors (Lipinski definition) is 1. The number of aliphatic hydroxyl groups excluding tert-OH is 1. The Morgan fingerprint density at radius 1 is 1.06 bits per heavy atom. The highest BCUT2D eigenvalue weighted by Gasteiger charge is 2.23. The van der Waals surface area contributed by atoms with E-state index in [-0.39, 0.29) is 11.9 Å². The standard InChI is InChI=1S/C27H36FN3O3/c1-5-16-30(17-23(32)19-33-20(3)4)18-25-26(6-2)29-31(22-10-8-7-9-11-22)27(25)34-24-14-12-21(28)13-15-24/h7-15,20,23,32H,5-6,16-19H2,1-4H3/t23-/m0/s1. The second-order valence-electron chi connectivity index (χ2n) is 8.66. The topological polar surface area (TPSA) is 59.8 Å². The number of aromatic nitrogens is 2. The molecule has 6 nitrogen and oxygen atoms in total. The van der Waals surface area contributed by atoms with Crippen LogP contribution in [0.3, 0.4) is 0 Å². The molecule has 0 radical (unpaired) electrons. The number of benzene rings is 2. The molecule has 1 atom stereocenters. The first-order valence-corrected chi connectivity index (χ1v) is 12.0. The number of halogens is 1. The van der Waals surface area contributed by atoms with Crippen molar-refractivity contribution >= 4 is 0 Å². The van der Waals surface area contributed by atoms with E-state index in [0.717, 1.165) is 36.3 Å². The van der Waals surface area contributed by atoms with E-state index in [0.29, 0.717) is 31.3 Å². The molecule has 2 aromatic carbocycles. The number of hydrogen-bond acceptors (Lipinski definition) is 5. The second kappa shape index (κ2) is 12.6. The van der Waals surface area contributed by atoms with Crippen LogP contribution in [0.2, 0.25) is 0 Å². The average Bonchev–Trinajstić information content (AvgIpc) is 3.16. The lowest BCUT2D eigenvalue weighted by Gasteiger charge is -2.25. The van der Waals surface area contributed by atoms with Crippen LogP contribution in [0.5, 0.6) is 11.6 Å². The third kappa shape index (κ3) is 7.13. The van der Waals surface area contributed by atoms with Crippen molar-refractivity contribution in [3.8, 4) is 17.3 Å². The van der Waals surface area contributed by atoms with Crippen LogP contribution in [0.4, 0.5) is 4.39 Å². The molecule has 184 valence electrons. The molecule has 1 aromatic heterocycles. The number of ether oxygens (including phenoxy) is 2. The third-order valence-electron chi connectivity index (χ3n) is 5.40. The molecule has 0 aliphatic rings. The Hall–Kier alpha value is -2.74. The van der Waals surface area contributed by atoms with Gasteiger partial charge in [-0.25, -0.2) is 9.07 Å². The summed E-state index contributed by atoms with van der Waals surface area (Å²) >= 11 is 0. The minimum atomic E-state index is -0.593. The predicted molar refractivity (Wildman–Crippen MR) is 132 cm³/mol. The van der Waals surface area contributed by atoms with Crippen molar-refractivity contribution < 1.29 is 19.0 Å². The number of rotatable bonds is 13. The summed E-state index contributed by atoms with van der Waals surface area (Å²) in [5.74, 6) is 0.823. The van der Waals surface area contributed by atoms with Crippen LogP contribution in [-0.4, -0.2) is 51.7 Å². The van der Waals surface area contributed by atoms with E-state index in [9.17, 15) is 9.50 Å². The van der Waals surface area contributed by atoms with Crippen molar-refractivity contribution in [3.63, 3.8) is 0 Å². The number of aliphatic hydroxyl groups is 1. The summed E-state index contributed by atoms with van der Waals surface area (Å²) < 4.78 is 27.2. The fourth-order valence-electron chi connectivity index (χ4n) is 3.81. The molecular weight excluding hydrogens is 433 g/mol. The highest BCUT2D eigenvalue weighted by Crippen LogP contribution is 2.32. The van der Waals surface area contributed by atoms with Crippen LogP contribution in [0.15, 0.2) is 54.6 Å². The molecule has 0 saturated heterocycles. The molecule has 7 heteroatoms. The van der Waals surface area contributed by atoms with E-state index >= 15 is 0 Å². The van der Waals surface area contributed by atoms with Crippen molar-refractivity contribution in [2.75, 3.05) is 19.7 Å². The van der Waals surface area contributed by atoms with Crippen LogP contribution >= 0.6 is 0 Å². The quantitative estimate of drug-likeness (QED) is 0.365. The van der Waals surface area contributed by atoms with Gasteiger partial charge in [-0.15, -0.1) is 0 Å². The summed E-state index contributed by atoms with van der Waals surface area (Å²) in [6.07, 6.45) is 1.15. The Balaban J connectivity index is 1.96. The van der Waals surface area contributed by atoms with Gasteiger partial charge < -0.3 is 14.6 Å². The van der Waals surface area contributed by atoms with Gasteiger partial charge >= 0.3 is 0 Å². The molecule has 0 saturated carbocycles. The van der Waals surface area contributed by atoms with Gasteiger partial charge in [0.25, 0.3) is 0 Å². The highest BCUT2D eigenvalue weighted by atomic mass is 19.1. The van der Waals surface area contributed by atoms with Crippen molar-refractivity contribution in [1.29, 1.82) is 0 Å². The monoisotopic (exact) mass is 469 g/mol. The summed E-state index contributed by atoms with van der Waals surface area (Å²) in [6.45, 7) is 10.3. The van der Waals surface area contributed by atoms with Gasteiger partial charge in [0.1, 0.15) is 11.6 Å². The van der Waals surface area contributed by atoms with Gasteiger partial charge in [-0.3, -0.25) is 4.90 Å². The van der Waals surface area contributed by atoms with Gasteiger partial charge in [0.2, 0.25) is 5.88 Å². The van der Waals surface area contributed by atoms with E-state index in [1.165, 1.54) is 12.1 Å². The van der Waals surface area contributed by atoms with Gasteiger partial charge in [0.05, 0.1) is 35.8 Å². The molecule has 1 N–H and O–H groups in total. The van der Waals surface area contributed by atoms with E-state index < -0.39 is 6.10 Å². The van der Waals surface area contributed by atoms with Gasteiger partial charge in [0, 0.05) is 13.1 Å². The van der Waals surface area contributed by atoms with Crippen LogP contribution in [0.25, 0.3) is 5.69 Å². The number of aryl methyl sites for hydroxylation is 1. The summed E-state index contributed by atoms with van der Waals surface area (Å²) in [7, 11) is 0. The normalized spacial score (nSPS) is 12.5. The van der Waals surface area contributed by atoms with Gasteiger partial charge in [-0.2, -0.15) is 5.10 Å². The Labute approximate surface area is 201 Å². The molecule has 0 amide bonds. The largest absolute Gasteiger partial charge is 0.439 e. The third-order valence-corrected chi connectivity index (χ3v) is 5.40. The molecule has 3 rings (SSSR count). The lowest BCUT2D eigenvalue weighted by molar-refractivity contribution is -0.00957. The average molecular weight is 470 g/mol. The first kappa shape index (κ1) is 25.9. The van der Waals surface area contributed by atoms with Crippen molar-refractivity contribution in [2.24, 2.45) is 0 Å². The van der Waals surface area contributed by atoms with Crippen molar-refractivity contribution in [3.05, 3.63) is 71.7 Å². The highest BCUT2D eigenvalue weighted by molar-refractivity contribution is 5.43. The fraction of sp³-hybridized carbons (Fsp3) is 0.444. The lowest BCUT2D eigenvalue weighted by Crippen LogP contribution is -2.35. The Morgan fingerprint density at radius 2 is 1.76 bits per heavy atom. The zero-order chi connectivity index (χ0) is 24.5. The van der Waals surface area contributed by atoms with Crippen LogP contribution in [-0.2, 0) is 17.7 Å². The maximum absolute atomic E-state index is 13.5. The Kier molecular flexibility index (Phi) is 9.62. The summed E-state index contributed by atoms with van der Waals surface area (Å²) in [4.78, 5) is 2.21. The minimum Gasteiger partial charge on any atom is -0.439 e. The molecule has 1 heterocycles. The van der Waals surface area contributed by atoms with E-state index in [1.54, 1.807) is 16.8 Å². The van der Waals surface area contributed by atoms with E-state index in [4.69, 9.17) is 14.6 Å². The van der Waals surface area contributed by atoms with Crippen molar-refractivity contribution in [1.82, 2.24) is 14.7 Å². The molecule has 0 aliphatic heterocycles. The zero-order valence-corrected chi connectivity index (χ0v) is 20.6. The summed E-state index contributed by atoms with van der Waals surface area (Å²) in [5.41, 5.74) is 2.77. The van der Waals surface area contributed by atoms with Gasteiger partial charge in [-0.05, 0) is 69.6 Å². The molecule has 0 aliphatic carbocycles. The first-order valence-electron chi connectivity index (χ1n) is 12.0. The van der Waals surface area contributed by atoms with E-state index in [1.807, 2.05) is 44.2 Å². The summed E-state index contributed by atoms with van der Waals surface area (Å²) in [5, 5.41) is 15.4. The first-order chi connectivity index (χ1) is 16.4. The molecule has 0 fully saturated rings. The Morgan fingerprint density at radius 3 is 2.38 bits per heavy atom.